The topological polar surface area (TPSA) is 0 Å². The minimum Gasteiger partial charge on any atom is -0.0683 e. The predicted octanol–water partition coefficient (Wildman–Crippen LogP) is 3.72. The van der Waals surface area contributed by atoms with Gasteiger partial charge in [0, 0.05) is 4.47 Å². The fourth-order valence-electron chi connectivity index (χ4n) is 1.71. The van der Waals surface area contributed by atoms with Crippen LogP contribution in [0.15, 0.2) is 22.2 Å². The van der Waals surface area contributed by atoms with E-state index in [-0.39, 0.29) is 0 Å². The first-order chi connectivity index (χ1) is 5.68. The molecule has 0 unspecified atom stereocenters. The Labute approximate surface area is 81.4 Å². The summed E-state index contributed by atoms with van der Waals surface area (Å²) in [6.07, 6.45) is 3.40. The van der Waals surface area contributed by atoms with E-state index < -0.39 is 0 Å². The molecule has 0 fully saturated rings. The third kappa shape index (κ3) is 1.13. The maximum absolute atomic E-state index is 3.58. The van der Waals surface area contributed by atoms with Crippen LogP contribution in [0.2, 0.25) is 0 Å². The SMILES string of the molecule is CC1=Cc2c(C)ccc(Br)c2C1. The summed E-state index contributed by atoms with van der Waals surface area (Å²) in [6.45, 7) is 4.35. The van der Waals surface area contributed by atoms with Crippen LogP contribution in [-0.2, 0) is 6.42 Å². The summed E-state index contributed by atoms with van der Waals surface area (Å²) in [4.78, 5) is 0. The summed E-state index contributed by atoms with van der Waals surface area (Å²) >= 11 is 3.58. The van der Waals surface area contributed by atoms with Crippen molar-refractivity contribution in [3.8, 4) is 0 Å². The van der Waals surface area contributed by atoms with Gasteiger partial charge in [0.15, 0.2) is 0 Å². The minimum atomic E-state index is 1.11. The Kier molecular flexibility index (Phi) is 1.84. The van der Waals surface area contributed by atoms with E-state index in [2.05, 4.69) is 48.0 Å². The molecule has 0 nitrogen and oxygen atoms in total. The van der Waals surface area contributed by atoms with E-state index in [1.165, 1.54) is 26.7 Å². The number of fused-ring (bicyclic) bond motifs is 1. The first kappa shape index (κ1) is 8.06. The van der Waals surface area contributed by atoms with Gasteiger partial charge in [-0.05, 0) is 43.0 Å². The molecule has 0 aliphatic heterocycles. The molecular formula is C11H11Br. The lowest BCUT2D eigenvalue weighted by Gasteiger charge is -2.04. The number of hydrogen-bond acceptors (Lipinski definition) is 0. The molecule has 0 aromatic heterocycles. The van der Waals surface area contributed by atoms with E-state index in [0.717, 1.165) is 6.42 Å². The van der Waals surface area contributed by atoms with Gasteiger partial charge in [-0.1, -0.05) is 33.6 Å². The van der Waals surface area contributed by atoms with Crippen LogP contribution in [0, 0.1) is 6.92 Å². The molecule has 2 rings (SSSR count). The number of aryl methyl sites for hydroxylation is 1. The number of halogens is 1. The molecule has 0 saturated carbocycles. The molecule has 0 saturated heterocycles. The molecule has 0 atom stereocenters. The Balaban J connectivity index is 2.66. The molecule has 1 aliphatic rings. The third-order valence-corrected chi connectivity index (χ3v) is 3.11. The van der Waals surface area contributed by atoms with E-state index in [1.54, 1.807) is 0 Å². The maximum atomic E-state index is 3.58. The molecule has 1 aliphatic carbocycles. The van der Waals surface area contributed by atoms with Gasteiger partial charge in [0.25, 0.3) is 0 Å². The van der Waals surface area contributed by atoms with Gasteiger partial charge in [-0.15, -0.1) is 0 Å². The van der Waals surface area contributed by atoms with Gasteiger partial charge in [0.1, 0.15) is 0 Å². The normalized spacial score (nSPS) is 14.4. The summed E-state index contributed by atoms with van der Waals surface area (Å²) in [6, 6.07) is 4.30. The number of allylic oxidation sites excluding steroid dienone is 1. The number of benzene rings is 1. The van der Waals surface area contributed by atoms with Crippen molar-refractivity contribution >= 4 is 22.0 Å². The molecule has 1 heteroatoms. The average molecular weight is 223 g/mol. The van der Waals surface area contributed by atoms with Crippen molar-refractivity contribution in [2.45, 2.75) is 20.3 Å². The van der Waals surface area contributed by atoms with Crippen molar-refractivity contribution < 1.29 is 0 Å². The summed E-state index contributed by atoms with van der Waals surface area (Å²) in [5.74, 6) is 0. The number of rotatable bonds is 0. The summed E-state index contributed by atoms with van der Waals surface area (Å²) in [5.41, 5.74) is 5.71. The van der Waals surface area contributed by atoms with Crippen LogP contribution in [0.3, 0.4) is 0 Å². The van der Waals surface area contributed by atoms with Crippen molar-refractivity contribution in [1.29, 1.82) is 0 Å². The maximum Gasteiger partial charge on any atom is 0.0216 e. The van der Waals surface area contributed by atoms with Crippen LogP contribution in [0.5, 0.6) is 0 Å². The van der Waals surface area contributed by atoms with E-state index in [0.29, 0.717) is 0 Å². The second-order valence-corrected chi connectivity index (χ2v) is 4.28. The molecule has 1 aromatic carbocycles. The smallest absolute Gasteiger partial charge is 0.0216 e. The Morgan fingerprint density at radius 3 is 2.67 bits per heavy atom. The molecule has 0 spiro atoms. The second-order valence-electron chi connectivity index (χ2n) is 3.42. The largest absolute Gasteiger partial charge is 0.0683 e. The second kappa shape index (κ2) is 2.74. The minimum absolute atomic E-state index is 1.11. The molecule has 0 N–H and O–H groups in total. The molecule has 12 heavy (non-hydrogen) atoms. The third-order valence-electron chi connectivity index (χ3n) is 2.36. The van der Waals surface area contributed by atoms with Gasteiger partial charge in [0.2, 0.25) is 0 Å². The van der Waals surface area contributed by atoms with Gasteiger partial charge in [-0.25, -0.2) is 0 Å². The molecule has 0 heterocycles. The highest BCUT2D eigenvalue weighted by atomic mass is 79.9. The zero-order valence-corrected chi connectivity index (χ0v) is 8.90. The van der Waals surface area contributed by atoms with Crippen molar-refractivity contribution in [2.24, 2.45) is 0 Å². The molecular weight excluding hydrogens is 212 g/mol. The summed E-state index contributed by atoms with van der Waals surface area (Å²) in [5, 5.41) is 0. The Hall–Kier alpha value is -0.560. The van der Waals surface area contributed by atoms with Crippen molar-refractivity contribution in [2.75, 3.05) is 0 Å². The van der Waals surface area contributed by atoms with Crippen LogP contribution in [0.25, 0.3) is 6.08 Å². The fourth-order valence-corrected chi connectivity index (χ4v) is 2.20. The van der Waals surface area contributed by atoms with E-state index in [4.69, 9.17) is 0 Å². The first-order valence-corrected chi connectivity index (χ1v) is 4.93. The highest BCUT2D eigenvalue weighted by Gasteiger charge is 2.13. The van der Waals surface area contributed by atoms with Crippen LogP contribution in [0.4, 0.5) is 0 Å². The van der Waals surface area contributed by atoms with Gasteiger partial charge in [0.05, 0.1) is 0 Å². The van der Waals surface area contributed by atoms with Crippen LogP contribution < -0.4 is 0 Å². The highest BCUT2D eigenvalue weighted by molar-refractivity contribution is 9.10. The van der Waals surface area contributed by atoms with Gasteiger partial charge in [-0.3, -0.25) is 0 Å². The van der Waals surface area contributed by atoms with E-state index >= 15 is 0 Å². The Morgan fingerprint density at radius 2 is 2.00 bits per heavy atom. The Morgan fingerprint density at radius 1 is 1.25 bits per heavy atom. The Bertz CT molecular complexity index is 362. The zero-order valence-electron chi connectivity index (χ0n) is 7.32. The van der Waals surface area contributed by atoms with Gasteiger partial charge in [-0.2, -0.15) is 0 Å². The molecule has 0 amide bonds. The van der Waals surface area contributed by atoms with E-state index in [1.807, 2.05) is 0 Å². The average Bonchev–Trinajstić information content (AvgIpc) is 2.41. The molecule has 0 bridgehead atoms. The van der Waals surface area contributed by atoms with Crippen molar-refractivity contribution in [3.63, 3.8) is 0 Å². The van der Waals surface area contributed by atoms with Gasteiger partial charge >= 0.3 is 0 Å². The van der Waals surface area contributed by atoms with Crippen molar-refractivity contribution in [3.05, 3.63) is 38.9 Å². The summed E-state index contributed by atoms with van der Waals surface area (Å²) in [7, 11) is 0. The lowest BCUT2D eigenvalue weighted by atomic mass is 10.1. The first-order valence-electron chi connectivity index (χ1n) is 4.13. The molecule has 0 radical (unpaired) electrons. The lowest BCUT2D eigenvalue weighted by molar-refractivity contribution is 1.17. The van der Waals surface area contributed by atoms with Gasteiger partial charge < -0.3 is 0 Å². The molecule has 62 valence electrons. The van der Waals surface area contributed by atoms with E-state index in [9.17, 15) is 0 Å². The highest BCUT2D eigenvalue weighted by Crippen LogP contribution is 2.32. The monoisotopic (exact) mass is 222 g/mol. The number of hydrogen-bond donors (Lipinski definition) is 0. The predicted molar refractivity (Wildman–Crippen MR) is 56.2 cm³/mol. The van der Waals surface area contributed by atoms with Crippen molar-refractivity contribution in [1.82, 2.24) is 0 Å². The standard InChI is InChI=1S/C11H11Br/c1-7-5-9-8(2)3-4-11(12)10(9)6-7/h3-5H,6H2,1-2H3. The summed E-state index contributed by atoms with van der Waals surface area (Å²) < 4.78 is 1.25. The fraction of sp³-hybridized carbons (Fsp3) is 0.273. The van der Waals surface area contributed by atoms with Crippen LogP contribution in [0.1, 0.15) is 23.6 Å². The zero-order chi connectivity index (χ0) is 8.72. The van der Waals surface area contributed by atoms with Crippen LogP contribution in [-0.4, -0.2) is 0 Å². The van der Waals surface area contributed by atoms with Crippen LogP contribution >= 0.6 is 15.9 Å². The lowest BCUT2D eigenvalue weighted by Crippen LogP contribution is -1.87. The molecule has 1 aromatic rings. The quantitative estimate of drug-likeness (QED) is 0.628.